The lowest BCUT2D eigenvalue weighted by Gasteiger charge is -2.20. The fourth-order valence-electron chi connectivity index (χ4n) is 2.81. The topological polar surface area (TPSA) is 92.0 Å². The van der Waals surface area contributed by atoms with E-state index in [0.29, 0.717) is 30.2 Å². The lowest BCUT2D eigenvalue weighted by molar-refractivity contribution is -0.132. The third kappa shape index (κ3) is 4.90. The Bertz CT molecular complexity index is 559. The minimum Gasteiger partial charge on any atom is -0.493 e. The Morgan fingerprint density at radius 1 is 1.24 bits per heavy atom. The first kappa shape index (κ1) is 21.3. The number of ether oxygens (including phenoxy) is 4. The van der Waals surface area contributed by atoms with Gasteiger partial charge in [0.2, 0.25) is 11.7 Å². The van der Waals surface area contributed by atoms with Crippen LogP contribution in [-0.4, -0.2) is 46.0 Å². The maximum Gasteiger partial charge on any atom is 0.249 e. The highest BCUT2D eigenvalue weighted by Gasteiger charge is 2.30. The van der Waals surface area contributed by atoms with Crippen LogP contribution in [0.25, 0.3) is 0 Å². The van der Waals surface area contributed by atoms with Crippen molar-refractivity contribution < 1.29 is 23.7 Å². The van der Waals surface area contributed by atoms with Crippen LogP contribution in [-0.2, 0) is 9.53 Å². The average Bonchev–Trinajstić information content (AvgIpc) is 3.09. The highest BCUT2D eigenvalue weighted by molar-refractivity contribution is 5.85. The van der Waals surface area contributed by atoms with Crippen LogP contribution in [0.1, 0.15) is 31.4 Å². The molecule has 1 saturated heterocycles. The quantitative estimate of drug-likeness (QED) is 0.756. The number of halogens is 1. The molecule has 0 bridgehead atoms. The highest BCUT2D eigenvalue weighted by Crippen LogP contribution is 2.39. The van der Waals surface area contributed by atoms with Gasteiger partial charge in [0.15, 0.2) is 11.5 Å². The summed E-state index contributed by atoms with van der Waals surface area (Å²) in [5.41, 5.74) is 6.44. The zero-order valence-corrected chi connectivity index (χ0v) is 15.9. The van der Waals surface area contributed by atoms with Gasteiger partial charge >= 0.3 is 0 Å². The summed E-state index contributed by atoms with van der Waals surface area (Å²) in [5.74, 6) is 1.49. The molecular weight excluding hydrogens is 348 g/mol. The molecule has 1 aromatic carbocycles. The van der Waals surface area contributed by atoms with E-state index in [4.69, 9.17) is 24.7 Å². The number of amides is 1. The number of nitrogens with one attached hydrogen (secondary N) is 1. The molecule has 1 amide bonds. The smallest absolute Gasteiger partial charge is 0.249 e. The zero-order valence-electron chi connectivity index (χ0n) is 15.0. The molecule has 0 saturated carbocycles. The summed E-state index contributed by atoms with van der Waals surface area (Å²) in [6.45, 7) is 2.33. The van der Waals surface area contributed by atoms with Gasteiger partial charge in [0.1, 0.15) is 6.10 Å². The summed E-state index contributed by atoms with van der Waals surface area (Å²) in [6.07, 6.45) is 1.03. The van der Waals surface area contributed by atoms with E-state index in [-0.39, 0.29) is 30.5 Å². The summed E-state index contributed by atoms with van der Waals surface area (Å²) in [4.78, 5) is 12.4. The van der Waals surface area contributed by atoms with Crippen LogP contribution in [0.5, 0.6) is 17.2 Å². The SMILES string of the molecule is COc1cc(C(C)NC(=O)[C@@H]2CC[C@H](CN)O2)cc(OC)c1OC.Cl. The molecule has 0 spiro atoms. The van der Waals surface area contributed by atoms with Gasteiger partial charge in [-0.15, -0.1) is 12.4 Å². The number of methoxy groups -OCH3 is 3. The predicted octanol–water partition coefficient (Wildman–Crippen LogP) is 1.82. The number of hydrogen-bond donors (Lipinski definition) is 2. The van der Waals surface area contributed by atoms with E-state index in [1.807, 2.05) is 19.1 Å². The van der Waals surface area contributed by atoms with Crippen molar-refractivity contribution in [1.82, 2.24) is 5.32 Å². The van der Waals surface area contributed by atoms with Crippen molar-refractivity contribution in [3.63, 3.8) is 0 Å². The van der Waals surface area contributed by atoms with Crippen molar-refractivity contribution in [3.8, 4) is 17.2 Å². The van der Waals surface area contributed by atoms with Crippen molar-refractivity contribution in [1.29, 1.82) is 0 Å². The summed E-state index contributed by atoms with van der Waals surface area (Å²) < 4.78 is 21.6. The molecule has 1 aliphatic rings. The third-order valence-corrected chi connectivity index (χ3v) is 4.21. The van der Waals surface area contributed by atoms with Crippen LogP contribution < -0.4 is 25.3 Å². The molecule has 25 heavy (non-hydrogen) atoms. The molecule has 2 rings (SSSR count). The molecule has 3 atom stereocenters. The van der Waals surface area contributed by atoms with E-state index in [1.165, 1.54) is 0 Å². The summed E-state index contributed by atoms with van der Waals surface area (Å²) in [7, 11) is 4.67. The van der Waals surface area contributed by atoms with Crippen LogP contribution in [0.2, 0.25) is 0 Å². The summed E-state index contributed by atoms with van der Waals surface area (Å²) in [5, 5.41) is 2.97. The molecule has 1 heterocycles. The fourth-order valence-corrected chi connectivity index (χ4v) is 2.81. The molecule has 0 aromatic heterocycles. The molecule has 142 valence electrons. The maximum atomic E-state index is 12.4. The van der Waals surface area contributed by atoms with Gasteiger partial charge in [0, 0.05) is 6.54 Å². The van der Waals surface area contributed by atoms with Gasteiger partial charge in [0.25, 0.3) is 0 Å². The Labute approximate surface area is 154 Å². The van der Waals surface area contributed by atoms with Crippen molar-refractivity contribution >= 4 is 18.3 Å². The van der Waals surface area contributed by atoms with E-state index >= 15 is 0 Å². The Balaban J connectivity index is 0.00000312. The van der Waals surface area contributed by atoms with Gasteiger partial charge in [-0.2, -0.15) is 0 Å². The van der Waals surface area contributed by atoms with Crippen molar-refractivity contribution in [2.24, 2.45) is 5.73 Å². The van der Waals surface area contributed by atoms with Gasteiger partial charge in [-0.3, -0.25) is 4.79 Å². The van der Waals surface area contributed by atoms with Crippen LogP contribution in [0.3, 0.4) is 0 Å². The normalized spacial score (nSPS) is 20.4. The number of carbonyl (C=O) groups is 1. The van der Waals surface area contributed by atoms with Gasteiger partial charge in [-0.1, -0.05) is 0 Å². The monoisotopic (exact) mass is 374 g/mol. The minimum absolute atomic E-state index is 0. The average molecular weight is 375 g/mol. The van der Waals surface area contributed by atoms with Crippen LogP contribution in [0, 0.1) is 0 Å². The lowest BCUT2D eigenvalue weighted by atomic mass is 10.1. The molecule has 3 N–H and O–H groups in total. The van der Waals surface area contributed by atoms with Gasteiger partial charge in [-0.25, -0.2) is 0 Å². The zero-order chi connectivity index (χ0) is 17.7. The van der Waals surface area contributed by atoms with E-state index in [0.717, 1.165) is 12.0 Å². The first-order valence-corrected chi connectivity index (χ1v) is 7.99. The first-order chi connectivity index (χ1) is 11.5. The number of benzene rings is 1. The van der Waals surface area contributed by atoms with E-state index in [9.17, 15) is 4.79 Å². The third-order valence-electron chi connectivity index (χ3n) is 4.21. The molecule has 0 radical (unpaired) electrons. The van der Waals surface area contributed by atoms with E-state index in [1.54, 1.807) is 21.3 Å². The predicted molar refractivity (Wildman–Crippen MR) is 96.9 cm³/mol. The Hall–Kier alpha value is -1.70. The fraction of sp³-hybridized carbons (Fsp3) is 0.588. The molecule has 1 fully saturated rings. The number of rotatable bonds is 7. The molecule has 1 aromatic rings. The Kier molecular flexibility index (Phi) is 8.28. The van der Waals surface area contributed by atoms with Crippen molar-refractivity contribution in [2.45, 2.75) is 38.0 Å². The van der Waals surface area contributed by atoms with Gasteiger partial charge < -0.3 is 30.0 Å². The largest absolute Gasteiger partial charge is 0.493 e. The molecule has 0 aliphatic carbocycles. The second kappa shape index (κ2) is 9.70. The Morgan fingerprint density at radius 2 is 1.84 bits per heavy atom. The number of carbonyl (C=O) groups excluding carboxylic acids is 1. The second-order valence-electron chi connectivity index (χ2n) is 5.75. The molecule has 1 aliphatic heterocycles. The van der Waals surface area contributed by atoms with Crippen molar-refractivity contribution in [2.75, 3.05) is 27.9 Å². The van der Waals surface area contributed by atoms with Gasteiger partial charge in [0.05, 0.1) is 33.5 Å². The number of hydrogen-bond acceptors (Lipinski definition) is 6. The minimum atomic E-state index is -0.442. The Morgan fingerprint density at radius 3 is 2.28 bits per heavy atom. The van der Waals surface area contributed by atoms with E-state index in [2.05, 4.69) is 5.32 Å². The van der Waals surface area contributed by atoms with Crippen LogP contribution in [0.15, 0.2) is 12.1 Å². The van der Waals surface area contributed by atoms with Gasteiger partial charge in [-0.05, 0) is 37.5 Å². The first-order valence-electron chi connectivity index (χ1n) is 7.99. The highest BCUT2D eigenvalue weighted by atomic mass is 35.5. The maximum absolute atomic E-state index is 12.4. The molecule has 1 unspecified atom stereocenters. The van der Waals surface area contributed by atoms with Crippen LogP contribution >= 0.6 is 12.4 Å². The van der Waals surface area contributed by atoms with Crippen molar-refractivity contribution in [3.05, 3.63) is 17.7 Å². The van der Waals surface area contributed by atoms with E-state index < -0.39 is 6.10 Å². The molecule has 8 heteroatoms. The molecular formula is C17H27ClN2O5. The number of nitrogens with two attached hydrogens (primary N) is 1. The standard InChI is InChI=1S/C17H26N2O5.ClH/c1-10(19-17(20)13-6-5-12(9-18)24-13)11-7-14(21-2)16(23-4)15(8-11)22-3;/h7-8,10,12-13H,5-6,9,18H2,1-4H3,(H,19,20);1H/t10?,12-,13+;/m1./s1. The lowest BCUT2D eigenvalue weighted by Crippen LogP contribution is -2.37. The summed E-state index contributed by atoms with van der Waals surface area (Å²) in [6, 6.07) is 3.42. The second-order valence-corrected chi connectivity index (χ2v) is 5.75. The molecule has 7 nitrogen and oxygen atoms in total. The summed E-state index contributed by atoms with van der Waals surface area (Å²) >= 11 is 0. The van der Waals surface area contributed by atoms with Crippen LogP contribution in [0.4, 0.5) is 0 Å².